The van der Waals surface area contributed by atoms with E-state index in [0.717, 1.165) is 24.3 Å². The molecule has 1 aromatic carbocycles. The minimum atomic E-state index is 0.484. The van der Waals surface area contributed by atoms with Crippen LogP contribution < -0.4 is 0 Å². The molecule has 0 aliphatic heterocycles. The van der Waals surface area contributed by atoms with Gasteiger partial charge in [-0.25, -0.2) is 0 Å². The van der Waals surface area contributed by atoms with Gasteiger partial charge in [-0.05, 0) is 37.0 Å². The SMILES string of the molecule is O=COCCC/C=C/Cc1ccc(Cl)cc1. The van der Waals surface area contributed by atoms with Crippen LogP contribution in [0.4, 0.5) is 0 Å². The van der Waals surface area contributed by atoms with E-state index in [1.165, 1.54) is 5.56 Å². The second-order valence-electron chi connectivity index (χ2n) is 3.41. The van der Waals surface area contributed by atoms with Gasteiger partial charge < -0.3 is 4.74 Å². The van der Waals surface area contributed by atoms with E-state index in [1.54, 1.807) is 0 Å². The lowest BCUT2D eigenvalue weighted by Gasteiger charge is -1.97. The van der Waals surface area contributed by atoms with E-state index in [0.29, 0.717) is 13.1 Å². The van der Waals surface area contributed by atoms with Gasteiger partial charge in [-0.15, -0.1) is 0 Å². The summed E-state index contributed by atoms with van der Waals surface area (Å²) in [6, 6.07) is 7.82. The van der Waals surface area contributed by atoms with Gasteiger partial charge in [0.2, 0.25) is 0 Å². The molecule has 1 rings (SSSR count). The van der Waals surface area contributed by atoms with E-state index in [4.69, 9.17) is 11.6 Å². The van der Waals surface area contributed by atoms with Crippen LogP contribution in [0.25, 0.3) is 0 Å². The van der Waals surface area contributed by atoms with Crippen LogP contribution in [0.15, 0.2) is 36.4 Å². The lowest BCUT2D eigenvalue weighted by Crippen LogP contribution is -1.89. The van der Waals surface area contributed by atoms with E-state index in [-0.39, 0.29) is 0 Å². The predicted octanol–water partition coefficient (Wildman–Crippen LogP) is 3.39. The summed E-state index contributed by atoms with van der Waals surface area (Å²) in [6.45, 7) is 0.978. The number of unbranched alkanes of at least 4 members (excludes halogenated alkanes) is 1. The van der Waals surface area contributed by atoms with Gasteiger partial charge in [-0.3, -0.25) is 4.79 Å². The third-order valence-corrected chi connectivity index (χ3v) is 2.39. The molecule has 0 saturated heterocycles. The average Bonchev–Trinajstić information content (AvgIpc) is 2.30. The monoisotopic (exact) mass is 238 g/mol. The van der Waals surface area contributed by atoms with Crippen molar-refractivity contribution in [3.05, 3.63) is 47.0 Å². The van der Waals surface area contributed by atoms with Crippen molar-refractivity contribution in [3.8, 4) is 0 Å². The molecule has 0 radical (unpaired) electrons. The Hall–Kier alpha value is -1.28. The van der Waals surface area contributed by atoms with Crippen molar-refractivity contribution in [1.29, 1.82) is 0 Å². The van der Waals surface area contributed by atoms with E-state index in [2.05, 4.69) is 16.9 Å². The summed E-state index contributed by atoms with van der Waals surface area (Å²) in [5.74, 6) is 0. The van der Waals surface area contributed by atoms with Crippen LogP contribution in [0, 0.1) is 0 Å². The largest absolute Gasteiger partial charge is 0.468 e. The van der Waals surface area contributed by atoms with E-state index < -0.39 is 0 Å². The molecule has 0 N–H and O–H groups in total. The molecule has 16 heavy (non-hydrogen) atoms. The first-order valence-electron chi connectivity index (χ1n) is 5.27. The number of benzene rings is 1. The van der Waals surface area contributed by atoms with Crippen molar-refractivity contribution in [3.63, 3.8) is 0 Å². The molecule has 86 valence electrons. The van der Waals surface area contributed by atoms with Gasteiger partial charge in [-0.2, -0.15) is 0 Å². The lowest BCUT2D eigenvalue weighted by molar-refractivity contribution is -0.128. The van der Waals surface area contributed by atoms with Gasteiger partial charge in [-0.1, -0.05) is 35.9 Å². The molecule has 0 fully saturated rings. The maximum atomic E-state index is 9.86. The van der Waals surface area contributed by atoms with Crippen LogP contribution in [0.3, 0.4) is 0 Å². The molecule has 2 nitrogen and oxygen atoms in total. The zero-order chi connectivity index (χ0) is 11.6. The fraction of sp³-hybridized carbons (Fsp3) is 0.308. The number of halogens is 1. The molecule has 0 heterocycles. The van der Waals surface area contributed by atoms with Crippen LogP contribution in [0.5, 0.6) is 0 Å². The highest BCUT2D eigenvalue weighted by atomic mass is 35.5. The molecule has 1 aromatic rings. The van der Waals surface area contributed by atoms with Crippen molar-refractivity contribution >= 4 is 18.1 Å². The molecular weight excluding hydrogens is 224 g/mol. The summed E-state index contributed by atoms with van der Waals surface area (Å²) < 4.78 is 4.58. The molecule has 0 saturated carbocycles. The van der Waals surface area contributed by atoms with E-state index >= 15 is 0 Å². The van der Waals surface area contributed by atoms with Crippen LogP contribution in [0.1, 0.15) is 18.4 Å². The number of allylic oxidation sites excluding steroid dienone is 2. The summed E-state index contributed by atoms with van der Waals surface area (Å²) in [5.41, 5.74) is 1.24. The maximum Gasteiger partial charge on any atom is 0.293 e. The highest BCUT2D eigenvalue weighted by Gasteiger charge is 1.89. The fourth-order valence-corrected chi connectivity index (χ4v) is 1.42. The Balaban J connectivity index is 2.16. The van der Waals surface area contributed by atoms with Gasteiger partial charge in [0.1, 0.15) is 0 Å². The topological polar surface area (TPSA) is 26.3 Å². The van der Waals surface area contributed by atoms with Crippen molar-refractivity contribution < 1.29 is 9.53 Å². The van der Waals surface area contributed by atoms with Crippen molar-refractivity contribution in [2.24, 2.45) is 0 Å². The summed E-state index contributed by atoms with van der Waals surface area (Å²) in [4.78, 5) is 9.86. The average molecular weight is 239 g/mol. The van der Waals surface area contributed by atoms with Crippen LogP contribution in [-0.2, 0) is 16.0 Å². The molecule has 3 heteroatoms. The van der Waals surface area contributed by atoms with Gasteiger partial charge in [0.05, 0.1) is 6.61 Å². The number of ether oxygens (including phenoxy) is 1. The van der Waals surface area contributed by atoms with Crippen LogP contribution >= 0.6 is 11.6 Å². The Bertz CT molecular complexity index is 330. The summed E-state index contributed by atoms with van der Waals surface area (Å²) in [7, 11) is 0. The van der Waals surface area contributed by atoms with Gasteiger partial charge >= 0.3 is 0 Å². The van der Waals surface area contributed by atoms with Crippen LogP contribution in [0.2, 0.25) is 5.02 Å². The Morgan fingerprint density at radius 2 is 1.94 bits per heavy atom. The second kappa shape index (κ2) is 7.94. The first-order valence-corrected chi connectivity index (χ1v) is 5.65. The van der Waals surface area contributed by atoms with Gasteiger partial charge in [0, 0.05) is 5.02 Å². The van der Waals surface area contributed by atoms with Crippen molar-refractivity contribution in [1.82, 2.24) is 0 Å². The summed E-state index contributed by atoms with van der Waals surface area (Å²) in [6.07, 6.45) is 6.93. The normalized spacial score (nSPS) is 10.6. The lowest BCUT2D eigenvalue weighted by atomic mass is 10.1. The third-order valence-electron chi connectivity index (χ3n) is 2.13. The summed E-state index contributed by atoms with van der Waals surface area (Å²) >= 11 is 5.78. The van der Waals surface area contributed by atoms with Gasteiger partial charge in [0.25, 0.3) is 6.47 Å². The minimum absolute atomic E-state index is 0.484. The minimum Gasteiger partial charge on any atom is -0.468 e. The molecular formula is C13H15ClO2. The van der Waals surface area contributed by atoms with Crippen molar-refractivity contribution in [2.45, 2.75) is 19.3 Å². The Morgan fingerprint density at radius 3 is 2.62 bits per heavy atom. The number of rotatable bonds is 7. The first-order chi connectivity index (χ1) is 7.83. The predicted molar refractivity (Wildman–Crippen MR) is 65.5 cm³/mol. The number of hydrogen-bond donors (Lipinski definition) is 0. The third kappa shape index (κ3) is 5.56. The number of hydrogen-bond acceptors (Lipinski definition) is 2. The van der Waals surface area contributed by atoms with Crippen LogP contribution in [-0.4, -0.2) is 13.1 Å². The molecule has 0 unspecified atom stereocenters. The Morgan fingerprint density at radius 1 is 1.19 bits per heavy atom. The molecule has 0 amide bonds. The Kier molecular flexibility index (Phi) is 6.35. The maximum absolute atomic E-state index is 9.86. The highest BCUT2D eigenvalue weighted by Crippen LogP contribution is 2.10. The zero-order valence-electron chi connectivity index (χ0n) is 9.06. The molecule has 0 spiro atoms. The fourth-order valence-electron chi connectivity index (χ4n) is 1.29. The summed E-state index contributed by atoms with van der Waals surface area (Å²) in [5, 5.41) is 0.763. The molecule has 0 atom stereocenters. The molecule has 0 aliphatic rings. The smallest absolute Gasteiger partial charge is 0.293 e. The number of carbonyl (C=O) groups is 1. The quantitative estimate of drug-likeness (QED) is 0.414. The second-order valence-corrected chi connectivity index (χ2v) is 3.85. The zero-order valence-corrected chi connectivity index (χ0v) is 9.82. The Labute approximate surface area is 101 Å². The first kappa shape index (κ1) is 12.8. The standard InChI is InChI=1S/C13H15ClO2/c14-13-8-6-12(7-9-13)5-3-1-2-4-10-16-11-15/h1,3,6-9,11H,2,4-5,10H2/b3-1+. The van der Waals surface area contributed by atoms with Crippen molar-refractivity contribution in [2.75, 3.05) is 6.61 Å². The van der Waals surface area contributed by atoms with E-state index in [1.807, 2.05) is 24.3 Å². The molecule has 0 aromatic heterocycles. The molecule has 0 bridgehead atoms. The number of carbonyl (C=O) groups excluding carboxylic acids is 1. The van der Waals surface area contributed by atoms with E-state index in [9.17, 15) is 4.79 Å². The molecule has 0 aliphatic carbocycles. The van der Waals surface area contributed by atoms with Gasteiger partial charge in [0.15, 0.2) is 0 Å². The highest BCUT2D eigenvalue weighted by molar-refractivity contribution is 6.30.